The molecule has 0 saturated heterocycles. The Morgan fingerprint density at radius 2 is 1.77 bits per heavy atom. The molecule has 2 aromatic carbocycles. The third-order valence-electron chi connectivity index (χ3n) is 3.92. The Morgan fingerprint density at radius 1 is 1.09 bits per heavy atom. The number of nitrogens with one attached hydrogen (secondary N) is 1. The van der Waals surface area contributed by atoms with Gasteiger partial charge in [0.2, 0.25) is 0 Å². The maximum atomic E-state index is 9.05. The van der Waals surface area contributed by atoms with E-state index in [2.05, 4.69) is 43.4 Å². The number of ether oxygens (including phenoxy) is 1. The van der Waals surface area contributed by atoms with Crippen LogP contribution in [0.1, 0.15) is 35.2 Å². The van der Waals surface area contributed by atoms with Crippen molar-refractivity contribution in [1.82, 2.24) is 5.32 Å². The molecule has 22 heavy (non-hydrogen) atoms. The van der Waals surface area contributed by atoms with Crippen molar-refractivity contribution < 1.29 is 9.84 Å². The maximum absolute atomic E-state index is 9.05. The minimum absolute atomic E-state index is 0.0999. The van der Waals surface area contributed by atoms with Gasteiger partial charge < -0.3 is 15.2 Å². The Labute approximate surface area is 133 Å². The lowest BCUT2D eigenvalue weighted by Crippen LogP contribution is -2.22. The van der Waals surface area contributed by atoms with Gasteiger partial charge in [-0.2, -0.15) is 0 Å². The molecular weight excluding hydrogens is 274 g/mol. The van der Waals surface area contributed by atoms with E-state index in [1.165, 1.54) is 16.7 Å². The number of benzene rings is 2. The first kappa shape index (κ1) is 16.5. The van der Waals surface area contributed by atoms with E-state index in [1.54, 1.807) is 7.11 Å². The van der Waals surface area contributed by atoms with Gasteiger partial charge in [-0.05, 0) is 44.0 Å². The lowest BCUT2D eigenvalue weighted by atomic mass is 10.0. The molecule has 3 heteroatoms. The van der Waals surface area contributed by atoms with E-state index >= 15 is 0 Å². The highest BCUT2D eigenvalue weighted by molar-refractivity contribution is 5.38. The first-order chi connectivity index (χ1) is 10.6. The maximum Gasteiger partial charge on any atom is 0.123 e. The summed E-state index contributed by atoms with van der Waals surface area (Å²) >= 11 is 0. The van der Waals surface area contributed by atoms with Crippen LogP contribution in [-0.4, -0.2) is 18.8 Å². The van der Waals surface area contributed by atoms with Crippen LogP contribution in [0.15, 0.2) is 42.5 Å². The van der Waals surface area contributed by atoms with Gasteiger partial charge >= 0.3 is 0 Å². The third-order valence-corrected chi connectivity index (χ3v) is 3.92. The van der Waals surface area contributed by atoms with Gasteiger partial charge in [-0.1, -0.05) is 42.0 Å². The molecule has 2 rings (SSSR count). The van der Waals surface area contributed by atoms with Crippen LogP contribution in [0.3, 0.4) is 0 Å². The van der Waals surface area contributed by atoms with Crippen molar-refractivity contribution in [2.75, 3.05) is 13.7 Å². The number of hydrogen-bond donors (Lipinski definition) is 2. The standard InChI is InChI=1S/C19H25NO2/c1-14-4-9-19(22-3)18(12-14)15(2)20-11-10-16-5-7-17(13-21)8-6-16/h4-9,12,15,20-21H,10-11,13H2,1-3H3. The molecule has 1 unspecified atom stereocenters. The van der Waals surface area contributed by atoms with Crippen LogP contribution in [0.2, 0.25) is 0 Å². The molecule has 2 aromatic rings. The fourth-order valence-corrected chi connectivity index (χ4v) is 2.55. The van der Waals surface area contributed by atoms with Crippen molar-refractivity contribution >= 4 is 0 Å². The van der Waals surface area contributed by atoms with Crippen molar-refractivity contribution in [3.8, 4) is 5.75 Å². The van der Waals surface area contributed by atoms with Crippen molar-refractivity contribution in [2.45, 2.75) is 32.9 Å². The monoisotopic (exact) mass is 299 g/mol. The van der Waals surface area contributed by atoms with Gasteiger partial charge in [0.1, 0.15) is 5.75 Å². The molecule has 0 aliphatic rings. The van der Waals surface area contributed by atoms with E-state index < -0.39 is 0 Å². The van der Waals surface area contributed by atoms with Crippen LogP contribution in [-0.2, 0) is 13.0 Å². The molecule has 0 saturated carbocycles. The minimum atomic E-state index is 0.0999. The molecule has 0 aliphatic carbocycles. The second-order valence-electron chi connectivity index (χ2n) is 5.65. The highest BCUT2D eigenvalue weighted by Crippen LogP contribution is 2.25. The average molecular weight is 299 g/mol. The van der Waals surface area contributed by atoms with Crippen LogP contribution < -0.4 is 10.1 Å². The summed E-state index contributed by atoms with van der Waals surface area (Å²) in [6.45, 7) is 5.25. The first-order valence-corrected chi connectivity index (χ1v) is 7.70. The Bertz CT molecular complexity index is 593. The number of aryl methyl sites for hydroxylation is 1. The van der Waals surface area contributed by atoms with Crippen molar-refractivity contribution in [1.29, 1.82) is 0 Å². The molecule has 0 aliphatic heterocycles. The molecule has 2 N–H and O–H groups in total. The second kappa shape index (κ2) is 7.97. The third kappa shape index (κ3) is 4.33. The normalized spacial score (nSPS) is 12.2. The van der Waals surface area contributed by atoms with E-state index in [9.17, 15) is 0 Å². The zero-order valence-electron chi connectivity index (χ0n) is 13.6. The van der Waals surface area contributed by atoms with Gasteiger partial charge in [-0.15, -0.1) is 0 Å². The summed E-state index contributed by atoms with van der Waals surface area (Å²) < 4.78 is 5.45. The number of hydrogen-bond acceptors (Lipinski definition) is 3. The van der Waals surface area contributed by atoms with Crippen molar-refractivity contribution in [2.24, 2.45) is 0 Å². The Morgan fingerprint density at radius 3 is 2.41 bits per heavy atom. The zero-order valence-corrected chi connectivity index (χ0v) is 13.6. The van der Waals surface area contributed by atoms with Crippen LogP contribution in [0.5, 0.6) is 5.75 Å². The Hall–Kier alpha value is -1.84. The van der Waals surface area contributed by atoms with Gasteiger partial charge in [-0.3, -0.25) is 0 Å². The molecule has 0 bridgehead atoms. The number of aliphatic hydroxyl groups is 1. The topological polar surface area (TPSA) is 41.5 Å². The minimum Gasteiger partial charge on any atom is -0.496 e. The lowest BCUT2D eigenvalue weighted by Gasteiger charge is -2.18. The fourth-order valence-electron chi connectivity index (χ4n) is 2.55. The SMILES string of the molecule is COc1ccc(C)cc1C(C)NCCc1ccc(CO)cc1. The molecule has 0 fully saturated rings. The van der Waals surface area contributed by atoms with E-state index in [0.29, 0.717) is 0 Å². The second-order valence-corrected chi connectivity index (χ2v) is 5.65. The number of rotatable bonds is 7. The van der Waals surface area contributed by atoms with Crippen LogP contribution >= 0.6 is 0 Å². The smallest absolute Gasteiger partial charge is 0.123 e. The van der Waals surface area contributed by atoms with Gasteiger partial charge in [0.15, 0.2) is 0 Å². The lowest BCUT2D eigenvalue weighted by molar-refractivity contribution is 0.282. The summed E-state index contributed by atoms with van der Waals surface area (Å²) in [4.78, 5) is 0. The quantitative estimate of drug-likeness (QED) is 0.823. The number of methoxy groups -OCH3 is 1. The predicted octanol–water partition coefficient (Wildman–Crippen LogP) is 3.39. The molecule has 0 spiro atoms. The summed E-state index contributed by atoms with van der Waals surface area (Å²) in [5, 5.41) is 12.6. The summed E-state index contributed by atoms with van der Waals surface area (Å²) in [7, 11) is 1.71. The van der Waals surface area contributed by atoms with Crippen LogP contribution in [0, 0.1) is 6.92 Å². The van der Waals surface area contributed by atoms with Crippen LogP contribution in [0.4, 0.5) is 0 Å². The molecular formula is C19H25NO2. The van der Waals surface area contributed by atoms with Gasteiger partial charge in [-0.25, -0.2) is 0 Å². The molecule has 0 radical (unpaired) electrons. The molecule has 0 aromatic heterocycles. The predicted molar refractivity (Wildman–Crippen MR) is 90.2 cm³/mol. The molecule has 0 heterocycles. The summed E-state index contributed by atoms with van der Waals surface area (Å²) in [5.74, 6) is 0.929. The molecule has 3 nitrogen and oxygen atoms in total. The van der Waals surface area contributed by atoms with Crippen molar-refractivity contribution in [3.05, 3.63) is 64.7 Å². The fraction of sp³-hybridized carbons (Fsp3) is 0.368. The molecule has 118 valence electrons. The first-order valence-electron chi connectivity index (χ1n) is 7.70. The van der Waals surface area contributed by atoms with Crippen LogP contribution in [0.25, 0.3) is 0 Å². The van der Waals surface area contributed by atoms with E-state index in [0.717, 1.165) is 24.3 Å². The van der Waals surface area contributed by atoms with E-state index in [4.69, 9.17) is 9.84 Å². The van der Waals surface area contributed by atoms with Gasteiger partial charge in [0.05, 0.1) is 13.7 Å². The van der Waals surface area contributed by atoms with Gasteiger partial charge in [0.25, 0.3) is 0 Å². The largest absolute Gasteiger partial charge is 0.496 e. The Balaban J connectivity index is 1.92. The molecule has 0 amide bonds. The highest BCUT2D eigenvalue weighted by Gasteiger charge is 2.10. The van der Waals surface area contributed by atoms with E-state index in [1.807, 2.05) is 18.2 Å². The Kier molecular flexibility index (Phi) is 5.99. The van der Waals surface area contributed by atoms with Gasteiger partial charge in [0, 0.05) is 11.6 Å². The van der Waals surface area contributed by atoms with Crippen molar-refractivity contribution in [3.63, 3.8) is 0 Å². The average Bonchev–Trinajstić information content (AvgIpc) is 2.55. The highest BCUT2D eigenvalue weighted by atomic mass is 16.5. The summed E-state index contributed by atoms with van der Waals surface area (Å²) in [6.07, 6.45) is 0.962. The molecule has 1 atom stereocenters. The zero-order chi connectivity index (χ0) is 15.9. The summed E-state index contributed by atoms with van der Waals surface area (Å²) in [5.41, 5.74) is 4.66. The number of aliphatic hydroxyl groups excluding tert-OH is 1. The van der Waals surface area contributed by atoms with E-state index in [-0.39, 0.29) is 12.6 Å². The summed E-state index contributed by atoms with van der Waals surface area (Å²) in [6, 6.07) is 14.6.